The van der Waals surface area contributed by atoms with Gasteiger partial charge in [-0.05, 0) is 6.07 Å². The lowest BCUT2D eigenvalue weighted by atomic mass is 10.4. The number of aliphatic hydroxyl groups is 1. The minimum absolute atomic E-state index is 0.000959. The van der Waals surface area contributed by atoms with Gasteiger partial charge in [0.05, 0.1) is 13.2 Å². The lowest BCUT2D eigenvalue weighted by Crippen LogP contribution is -2.07. The van der Waals surface area contributed by atoms with Gasteiger partial charge >= 0.3 is 0 Å². The topological polar surface area (TPSA) is 89.9 Å². The molecule has 0 bridgehead atoms. The lowest BCUT2D eigenvalue weighted by molar-refractivity contribution is 0.270. The molecule has 2 rings (SSSR count). The third-order valence-corrected chi connectivity index (χ3v) is 1.92. The Hall–Kier alpha value is -1.95. The predicted octanol–water partition coefficient (Wildman–Crippen LogP) is -0.0854. The fourth-order valence-electron chi connectivity index (χ4n) is 1.25. The van der Waals surface area contributed by atoms with Gasteiger partial charge in [-0.15, -0.1) is 0 Å². The van der Waals surface area contributed by atoms with E-state index in [0.29, 0.717) is 23.9 Å². The van der Waals surface area contributed by atoms with Crippen molar-refractivity contribution in [2.75, 3.05) is 12.3 Å². The third-order valence-electron chi connectivity index (χ3n) is 1.92. The average Bonchev–Trinajstić information content (AvgIpc) is 2.63. The van der Waals surface area contributed by atoms with Crippen molar-refractivity contribution in [3.63, 3.8) is 0 Å². The van der Waals surface area contributed by atoms with E-state index in [1.165, 1.54) is 4.68 Å². The van der Waals surface area contributed by atoms with Crippen LogP contribution < -0.4 is 5.73 Å². The maximum atomic E-state index is 8.78. The van der Waals surface area contributed by atoms with Gasteiger partial charge in [-0.3, -0.25) is 0 Å². The van der Waals surface area contributed by atoms with Gasteiger partial charge in [0.25, 0.3) is 0 Å². The third kappa shape index (κ3) is 1.94. The molecule has 0 radical (unpaired) electrons. The van der Waals surface area contributed by atoms with E-state index in [1.54, 1.807) is 24.5 Å². The zero-order valence-electron chi connectivity index (χ0n) is 8.04. The zero-order chi connectivity index (χ0) is 10.7. The van der Waals surface area contributed by atoms with Crippen LogP contribution in [0, 0.1) is 0 Å². The fraction of sp³-hybridized carbons (Fsp3) is 0.222. The molecule has 3 N–H and O–H groups in total. The summed E-state index contributed by atoms with van der Waals surface area (Å²) >= 11 is 0. The SMILES string of the molecule is Nc1cc(-c2ncccn2)nn1CCO. The molecule has 0 aliphatic heterocycles. The number of nitrogen functional groups attached to an aromatic ring is 1. The second kappa shape index (κ2) is 4.05. The fourth-order valence-corrected chi connectivity index (χ4v) is 1.25. The van der Waals surface area contributed by atoms with Gasteiger partial charge in [-0.2, -0.15) is 5.10 Å². The van der Waals surface area contributed by atoms with Gasteiger partial charge in [0.1, 0.15) is 11.5 Å². The van der Waals surface area contributed by atoms with Crippen molar-refractivity contribution >= 4 is 5.82 Å². The minimum atomic E-state index is 0.000959. The van der Waals surface area contributed by atoms with Gasteiger partial charge in [0.15, 0.2) is 5.82 Å². The number of nitrogens with two attached hydrogens (primary N) is 1. The van der Waals surface area contributed by atoms with Crippen LogP contribution in [0.3, 0.4) is 0 Å². The molecule has 0 amide bonds. The van der Waals surface area contributed by atoms with Crippen LogP contribution in [0.25, 0.3) is 11.5 Å². The monoisotopic (exact) mass is 205 g/mol. The smallest absolute Gasteiger partial charge is 0.180 e. The van der Waals surface area contributed by atoms with Crippen molar-refractivity contribution in [1.29, 1.82) is 0 Å². The Morgan fingerprint density at radius 2 is 2.07 bits per heavy atom. The van der Waals surface area contributed by atoms with Gasteiger partial charge in [-0.25, -0.2) is 14.6 Å². The highest BCUT2D eigenvalue weighted by molar-refractivity contribution is 5.53. The molecular formula is C9H11N5O. The van der Waals surface area contributed by atoms with Crippen molar-refractivity contribution in [2.45, 2.75) is 6.54 Å². The van der Waals surface area contributed by atoms with Crippen LogP contribution in [0.2, 0.25) is 0 Å². The van der Waals surface area contributed by atoms with Crippen LogP contribution >= 0.6 is 0 Å². The van der Waals surface area contributed by atoms with Crippen molar-refractivity contribution in [2.24, 2.45) is 0 Å². The summed E-state index contributed by atoms with van der Waals surface area (Å²) in [6.45, 7) is 0.375. The molecule has 0 aliphatic carbocycles. The second-order valence-corrected chi connectivity index (χ2v) is 2.97. The quantitative estimate of drug-likeness (QED) is 0.731. The molecule has 0 saturated carbocycles. The number of aromatic nitrogens is 4. The lowest BCUT2D eigenvalue weighted by Gasteiger charge is -1.98. The highest BCUT2D eigenvalue weighted by atomic mass is 16.3. The molecule has 0 aromatic carbocycles. The first-order valence-electron chi connectivity index (χ1n) is 4.53. The summed E-state index contributed by atoms with van der Waals surface area (Å²) in [5.41, 5.74) is 6.31. The Morgan fingerprint density at radius 3 is 2.73 bits per heavy atom. The molecule has 0 saturated heterocycles. The number of rotatable bonds is 3. The number of anilines is 1. The molecule has 0 atom stereocenters. The van der Waals surface area contributed by atoms with E-state index in [0.717, 1.165) is 0 Å². The molecule has 15 heavy (non-hydrogen) atoms. The summed E-state index contributed by atoms with van der Waals surface area (Å²) < 4.78 is 1.52. The Balaban J connectivity index is 2.34. The first kappa shape index (κ1) is 9.60. The van der Waals surface area contributed by atoms with E-state index in [2.05, 4.69) is 15.1 Å². The summed E-state index contributed by atoms with van der Waals surface area (Å²) in [5.74, 6) is 1.02. The molecule has 2 heterocycles. The standard InChI is InChI=1S/C9H11N5O/c10-8-6-7(13-14(8)4-5-15)9-11-2-1-3-12-9/h1-3,6,15H,4-5,10H2. The Morgan fingerprint density at radius 1 is 1.33 bits per heavy atom. The van der Waals surface area contributed by atoms with E-state index in [9.17, 15) is 0 Å². The summed E-state index contributed by atoms with van der Waals surface area (Å²) in [4.78, 5) is 8.12. The molecule has 78 valence electrons. The van der Waals surface area contributed by atoms with Crippen LogP contribution in [0.5, 0.6) is 0 Å². The van der Waals surface area contributed by atoms with E-state index >= 15 is 0 Å². The van der Waals surface area contributed by atoms with Crippen molar-refractivity contribution in [1.82, 2.24) is 19.7 Å². The van der Waals surface area contributed by atoms with E-state index in [1.807, 2.05) is 0 Å². The number of aliphatic hydroxyl groups excluding tert-OH is 1. The summed E-state index contributed by atoms with van der Waals surface area (Å²) in [7, 11) is 0. The Labute approximate surface area is 86.4 Å². The van der Waals surface area contributed by atoms with Crippen LogP contribution in [0.1, 0.15) is 0 Å². The Bertz CT molecular complexity index is 439. The first-order valence-corrected chi connectivity index (χ1v) is 4.53. The summed E-state index contributed by atoms with van der Waals surface area (Å²) in [5, 5.41) is 13.0. The van der Waals surface area contributed by atoms with Crippen molar-refractivity contribution in [3.8, 4) is 11.5 Å². The van der Waals surface area contributed by atoms with Crippen LogP contribution in [-0.2, 0) is 6.54 Å². The van der Waals surface area contributed by atoms with Crippen LogP contribution in [-0.4, -0.2) is 31.5 Å². The average molecular weight is 205 g/mol. The highest BCUT2D eigenvalue weighted by Crippen LogP contribution is 2.15. The molecule has 6 heteroatoms. The molecule has 0 aliphatic rings. The molecule has 2 aromatic rings. The molecule has 0 spiro atoms. The van der Waals surface area contributed by atoms with Crippen molar-refractivity contribution < 1.29 is 5.11 Å². The van der Waals surface area contributed by atoms with Gasteiger partial charge < -0.3 is 10.8 Å². The van der Waals surface area contributed by atoms with E-state index < -0.39 is 0 Å². The summed E-state index contributed by atoms with van der Waals surface area (Å²) in [6.07, 6.45) is 3.28. The molecule has 0 fully saturated rings. The van der Waals surface area contributed by atoms with Crippen LogP contribution in [0.4, 0.5) is 5.82 Å². The molecule has 0 unspecified atom stereocenters. The van der Waals surface area contributed by atoms with Gasteiger partial charge in [0.2, 0.25) is 0 Å². The largest absolute Gasteiger partial charge is 0.394 e. The zero-order valence-corrected chi connectivity index (χ0v) is 8.04. The Kier molecular flexibility index (Phi) is 2.59. The maximum absolute atomic E-state index is 8.78. The first-order chi connectivity index (χ1) is 7.31. The van der Waals surface area contributed by atoms with Gasteiger partial charge in [0, 0.05) is 18.5 Å². The number of hydrogen-bond acceptors (Lipinski definition) is 5. The molecule has 6 nitrogen and oxygen atoms in total. The second-order valence-electron chi connectivity index (χ2n) is 2.97. The summed E-state index contributed by atoms with van der Waals surface area (Å²) in [6, 6.07) is 3.42. The van der Waals surface area contributed by atoms with Crippen LogP contribution in [0.15, 0.2) is 24.5 Å². The molecular weight excluding hydrogens is 194 g/mol. The predicted molar refractivity (Wildman–Crippen MR) is 54.8 cm³/mol. The highest BCUT2D eigenvalue weighted by Gasteiger charge is 2.08. The number of nitrogens with zero attached hydrogens (tertiary/aromatic N) is 4. The van der Waals surface area contributed by atoms with E-state index in [-0.39, 0.29) is 6.61 Å². The van der Waals surface area contributed by atoms with Crippen molar-refractivity contribution in [3.05, 3.63) is 24.5 Å². The van der Waals surface area contributed by atoms with Gasteiger partial charge in [-0.1, -0.05) is 0 Å². The van der Waals surface area contributed by atoms with E-state index in [4.69, 9.17) is 10.8 Å². The normalized spacial score (nSPS) is 10.5. The molecule has 2 aromatic heterocycles. The number of hydrogen-bond donors (Lipinski definition) is 2. The maximum Gasteiger partial charge on any atom is 0.180 e. The minimum Gasteiger partial charge on any atom is -0.394 e.